The van der Waals surface area contributed by atoms with E-state index in [1.54, 1.807) is 0 Å². The van der Waals surface area contributed by atoms with Gasteiger partial charge >= 0.3 is 0 Å². The smallest absolute Gasteiger partial charge is 0.273 e. The van der Waals surface area contributed by atoms with Gasteiger partial charge in [0.1, 0.15) is 5.82 Å². The second kappa shape index (κ2) is 8.76. The number of ether oxygens (including phenoxy) is 1. The number of amides is 1. The topological polar surface area (TPSA) is 106 Å². The van der Waals surface area contributed by atoms with Gasteiger partial charge < -0.3 is 10.1 Å². The fourth-order valence-electron chi connectivity index (χ4n) is 3.11. The van der Waals surface area contributed by atoms with Crippen molar-refractivity contribution in [3.05, 3.63) is 42.0 Å². The number of carbonyl (C=O) groups excluding carboxylic acids is 1. The Morgan fingerprint density at radius 3 is 2.82 bits per heavy atom. The molecule has 11 heteroatoms. The van der Waals surface area contributed by atoms with Gasteiger partial charge in [-0.1, -0.05) is 5.21 Å². The van der Waals surface area contributed by atoms with Crippen LogP contribution < -0.4 is 5.32 Å². The zero-order chi connectivity index (χ0) is 20.1. The lowest BCUT2D eigenvalue weighted by atomic mass is 10.2. The molecule has 1 fully saturated rings. The summed E-state index contributed by atoms with van der Waals surface area (Å²) in [4.78, 5) is 12.0. The number of rotatable bonds is 8. The van der Waals surface area contributed by atoms with Gasteiger partial charge in [0.15, 0.2) is 5.69 Å². The summed E-state index contributed by atoms with van der Waals surface area (Å²) in [6.07, 6.45) is 2.86. The third-order valence-electron chi connectivity index (χ3n) is 4.50. The van der Waals surface area contributed by atoms with Crippen molar-refractivity contribution < 1.29 is 22.3 Å². The van der Waals surface area contributed by atoms with Crippen LogP contribution in [-0.4, -0.2) is 66.5 Å². The summed E-state index contributed by atoms with van der Waals surface area (Å²) in [5.41, 5.74) is 0.155. The van der Waals surface area contributed by atoms with Crippen LogP contribution in [-0.2, 0) is 21.3 Å². The second-order valence-corrected chi connectivity index (χ2v) is 8.33. The lowest BCUT2D eigenvalue weighted by Gasteiger charge is -2.23. The van der Waals surface area contributed by atoms with Gasteiger partial charge in [-0.15, -0.1) is 5.10 Å². The summed E-state index contributed by atoms with van der Waals surface area (Å²) in [7, 11) is -2.20. The molecule has 152 valence electrons. The average Bonchev–Trinajstić information content (AvgIpc) is 3.32. The molecule has 0 spiro atoms. The molecule has 0 unspecified atom stereocenters. The molecule has 0 radical (unpaired) electrons. The quantitative estimate of drug-likeness (QED) is 0.639. The standard InChI is InChI=1S/C17H22FN5O4S/c1-27-10-8-19-17(24)16-12-22(21-20-16)11-14-3-2-9-23(14)28(25,26)15-6-4-13(18)5-7-15/h4-7,12,14H,2-3,8-11H2,1H3,(H,19,24)/t14-/m0/s1. The summed E-state index contributed by atoms with van der Waals surface area (Å²) in [5.74, 6) is -0.860. The van der Waals surface area contributed by atoms with E-state index in [0.717, 1.165) is 12.1 Å². The number of nitrogens with zero attached hydrogens (tertiary/aromatic N) is 4. The van der Waals surface area contributed by atoms with Gasteiger partial charge in [-0.3, -0.25) is 9.48 Å². The van der Waals surface area contributed by atoms with Crippen LogP contribution in [0.5, 0.6) is 0 Å². The van der Waals surface area contributed by atoms with Crippen LogP contribution in [0.25, 0.3) is 0 Å². The van der Waals surface area contributed by atoms with Gasteiger partial charge in [0.25, 0.3) is 5.91 Å². The van der Waals surface area contributed by atoms with E-state index in [9.17, 15) is 17.6 Å². The molecule has 1 amide bonds. The normalized spacial score (nSPS) is 17.7. The van der Waals surface area contributed by atoms with E-state index in [-0.39, 0.29) is 29.1 Å². The second-order valence-electron chi connectivity index (χ2n) is 6.44. The highest BCUT2D eigenvalue weighted by molar-refractivity contribution is 7.89. The summed E-state index contributed by atoms with van der Waals surface area (Å²) in [5, 5.41) is 10.4. The zero-order valence-electron chi connectivity index (χ0n) is 15.4. The number of benzene rings is 1. The van der Waals surface area contributed by atoms with Crippen LogP contribution in [0.4, 0.5) is 4.39 Å². The lowest BCUT2D eigenvalue weighted by Crippen LogP contribution is -2.38. The Kier molecular flexibility index (Phi) is 6.37. The van der Waals surface area contributed by atoms with Crippen LogP contribution in [0.3, 0.4) is 0 Å². The highest BCUT2D eigenvalue weighted by Gasteiger charge is 2.35. The highest BCUT2D eigenvalue weighted by atomic mass is 32.2. The van der Waals surface area contributed by atoms with Gasteiger partial charge in [-0.25, -0.2) is 12.8 Å². The first-order chi connectivity index (χ1) is 13.4. The molecule has 2 aromatic rings. The van der Waals surface area contributed by atoms with Crippen LogP contribution in [0.15, 0.2) is 35.4 Å². The fraction of sp³-hybridized carbons (Fsp3) is 0.471. The number of sulfonamides is 1. The van der Waals surface area contributed by atoms with Crippen LogP contribution in [0, 0.1) is 5.82 Å². The summed E-state index contributed by atoms with van der Waals surface area (Å²) in [6, 6.07) is 4.46. The maximum Gasteiger partial charge on any atom is 0.273 e. The molecule has 0 aliphatic carbocycles. The Hall–Kier alpha value is -2.37. The van der Waals surface area contributed by atoms with Gasteiger partial charge in [-0.2, -0.15) is 4.31 Å². The maximum atomic E-state index is 13.1. The maximum absolute atomic E-state index is 13.1. The van der Waals surface area contributed by atoms with E-state index < -0.39 is 15.8 Å². The molecule has 3 rings (SSSR count). The van der Waals surface area contributed by atoms with Crippen molar-refractivity contribution in [1.82, 2.24) is 24.6 Å². The number of nitrogens with one attached hydrogen (secondary N) is 1. The third kappa shape index (κ3) is 4.54. The third-order valence-corrected chi connectivity index (χ3v) is 6.47. The summed E-state index contributed by atoms with van der Waals surface area (Å²) >= 11 is 0. The largest absolute Gasteiger partial charge is 0.383 e. The number of carbonyl (C=O) groups is 1. The van der Waals surface area contributed by atoms with Crippen LogP contribution in [0.1, 0.15) is 23.3 Å². The Morgan fingerprint density at radius 2 is 2.11 bits per heavy atom. The first kappa shape index (κ1) is 20.4. The molecule has 28 heavy (non-hydrogen) atoms. The van der Waals surface area contributed by atoms with Crippen molar-refractivity contribution in [2.45, 2.75) is 30.3 Å². The van der Waals surface area contributed by atoms with Gasteiger partial charge in [0.05, 0.1) is 24.2 Å². The van der Waals surface area contributed by atoms with E-state index in [1.807, 2.05) is 0 Å². The molecule has 0 saturated carbocycles. The molecule has 1 atom stereocenters. The van der Waals surface area contributed by atoms with Crippen molar-refractivity contribution in [1.29, 1.82) is 0 Å². The SMILES string of the molecule is COCCNC(=O)c1cn(C[C@@H]2CCCN2S(=O)(=O)c2ccc(F)cc2)nn1. The molecule has 1 N–H and O–H groups in total. The van der Waals surface area contributed by atoms with Gasteiger partial charge in [0, 0.05) is 26.2 Å². The predicted octanol–water partition coefficient (Wildman–Crippen LogP) is 0.647. The van der Waals surface area contributed by atoms with Crippen molar-refractivity contribution in [3.63, 3.8) is 0 Å². The van der Waals surface area contributed by atoms with Crippen LogP contribution in [0.2, 0.25) is 0 Å². The van der Waals surface area contributed by atoms with Gasteiger partial charge in [-0.05, 0) is 37.1 Å². The number of halogens is 1. The van der Waals surface area contributed by atoms with E-state index in [1.165, 1.54) is 34.4 Å². The van der Waals surface area contributed by atoms with Gasteiger partial charge in [0.2, 0.25) is 10.0 Å². The van der Waals surface area contributed by atoms with Crippen LogP contribution >= 0.6 is 0 Å². The van der Waals surface area contributed by atoms with Crippen molar-refractivity contribution in [2.24, 2.45) is 0 Å². The van der Waals surface area contributed by atoms with Crippen molar-refractivity contribution in [2.75, 3.05) is 26.8 Å². The summed E-state index contributed by atoms with van der Waals surface area (Å²) in [6.45, 7) is 1.40. The molecular weight excluding hydrogens is 389 g/mol. The van der Waals surface area contributed by atoms with E-state index in [2.05, 4.69) is 15.6 Å². The zero-order valence-corrected chi connectivity index (χ0v) is 16.2. The fourth-order valence-corrected chi connectivity index (χ4v) is 4.80. The highest BCUT2D eigenvalue weighted by Crippen LogP contribution is 2.27. The minimum absolute atomic E-state index is 0.0533. The molecular formula is C17H22FN5O4S. The molecule has 1 aliphatic heterocycles. The Bertz CT molecular complexity index is 916. The molecule has 1 saturated heterocycles. The van der Waals surface area contributed by atoms with E-state index >= 15 is 0 Å². The minimum Gasteiger partial charge on any atom is -0.383 e. The molecule has 1 aromatic carbocycles. The van der Waals surface area contributed by atoms with E-state index in [0.29, 0.717) is 32.5 Å². The first-order valence-corrected chi connectivity index (χ1v) is 10.3. The average molecular weight is 411 g/mol. The van der Waals surface area contributed by atoms with Crippen molar-refractivity contribution in [3.8, 4) is 0 Å². The van der Waals surface area contributed by atoms with Crippen molar-refractivity contribution >= 4 is 15.9 Å². The molecule has 1 aliphatic rings. The molecule has 1 aromatic heterocycles. The van der Waals surface area contributed by atoms with E-state index in [4.69, 9.17) is 4.74 Å². The predicted molar refractivity (Wildman–Crippen MR) is 97.5 cm³/mol. The Balaban J connectivity index is 1.69. The number of hydrogen-bond donors (Lipinski definition) is 1. The number of hydrogen-bond acceptors (Lipinski definition) is 6. The monoisotopic (exact) mass is 411 g/mol. The molecule has 2 heterocycles. The summed E-state index contributed by atoms with van der Waals surface area (Å²) < 4.78 is 46.6. The Morgan fingerprint density at radius 1 is 1.36 bits per heavy atom. The Labute approximate surface area is 162 Å². The molecule has 9 nitrogen and oxygen atoms in total. The first-order valence-electron chi connectivity index (χ1n) is 8.86. The molecule has 0 bridgehead atoms. The lowest BCUT2D eigenvalue weighted by molar-refractivity contribution is 0.0932. The number of aromatic nitrogens is 3. The number of methoxy groups -OCH3 is 1. The minimum atomic E-state index is -3.74.